The van der Waals surface area contributed by atoms with Crippen molar-refractivity contribution < 1.29 is 80.4 Å². The molecule has 0 atom stereocenters. The third kappa shape index (κ3) is 4390. The molecule has 12 heteroatoms. The van der Waals surface area contributed by atoms with Crippen LogP contribution >= 0.6 is 0 Å². The fourth-order valence-electron chi connectivity index (χ4n) is 0. The molecule has 88 valence electrons. The van der Waals surface area contributed by atoms with E-state index in [9.17, 15) is 0 Å². The molecular formula is H12MoNiO10. The van der Waals surface area contributed by atoms with Crippen LogP contribution in [0, 0.1) is 0 Å². The molecule has 0 aliphatic heterocycles. The summed E-state index contributed by atoms with van der Waals surface area (Å²) in [5.41, 5.74) is 0. The quantitative estimate of drug-likeness (QED) is 0.392. The Hall–Kier alpha value is 0.462. The first kappa shape index (κ1) is 82.2. The Bertz CT molecular complexity index is 93.0. The topological polar surface area (TPSA) is 269 Å². The number of rotatable bonds is 0. The van der Waals surface area contributed by atoms with Crippen molar-refractivity contribution in [2.75, 3.05) is 0 Å². The molecule has 0 aromatic rings. The molecule has 12 heavy (non-hydrogen) atoms. The van der Waals surface area contributed by atoms with Gasteiger partial charge in [0.05, 0.1) is 0 Å². The van der Waals surface area contributed by atoms with Gasteiger partial charge in [-0.15, -0.1) is 0 Å². The second-order valence-electron chi connectivity index (χ2n) is 0.408. The average molecular weight is 327 g/mol. The summed E-state index contributed by atoms with van der Waals surface area (Å²) in [4.78, 5) is 0. The van der Waals surface area contributed by atoms with Crippen molar-refractivity contribution in [3.05, 3.63) is 0 Å². The van der Waals surface area contributed by atoms with Crippen molar-refractivity contribution in [3.63, 3.8) is 0 Å². The van der Waals surface area contributed by atoms with Crippen LogP contribution in [0.5, 0.6) is 0 Å². The van der Waals surface area contributed by atoms with Crippen molar-refractivity contribution in [1.82, 2.24) is 0 Å². The summed E-state index contributed by atoms with van der Waals surface area (Å²) < 4.78 is 34.5. The summed E-state index contributed by atoms with van der Waals surface area (Å²) in [6, 6.07) is 0. The van der Waals surface area contributed by atoms with E-state index in [2.05, 4.69) is 0 Å². The third-order valence-electron chi connectivity index (χ3n) is 0. The normalized spacial score (nSPS) is 4.83. The molecular weight excluding hydrogens is 315 g/mol. The van der Waals surface area contributed by atoms with Crippen molar-refractivity contribution >= 4 is 0 Å². The van der Waals surface area contributed by atoms with E-state index in [-0.39, 0.29) is 49.3 Å². The van der Waals surface area contributed by atoms with Gasteiger partial charge in [-0.3, -0.25) is 0 Å². The predicted molar refractivity (Wildman–Crippen MR) is 23.1 cm³/mol. The average Bonchev–Trinajstić information content (AvgIpc) is 0.722. The van der Waals surface area contributed by atoms with Crippen molar-refractivity contribution in [2.45, 2.75) is 0 Å². The Kier molecular flexibility index (Phi) is 206. The SMILES string of the molecule is O.O.O.O.O.O.[Ni+2].[O]=[Mo](=[O])([O-])[O-]. The van der Waals surface area contributed by atoms with Crippen LogP contribution < -0.4 is 7.52 Å². The molecule has 0 aliphatic carbocycles. The Morgan fingerprint density at radius 1 is 0.667 bits per heavy atom. The maximum atomic E-state index is 8.63. The monoisotopic (exact) mass is 328 g/mol. The molecule has 0 saturated heterocycles. The van der Waals surface area contributed by atoms with E-state index < -0.39 is 16.7 Å². The Labute approximate surface area is 80.7 Å². The molecule has 0 saturated carbocycles. The van der Waals surface area contributed by atoms with E-state index in [0.29, 0.717) is 0 Å². The third-order valence-corrected chi connectivity index (χ3v) is 0. The zero-order valence-electron chi connectivity index (χ0n) is 5.36. The van der Waals surface area contributed by atoms with Gasteiger partial charge in [-0.1, -0.05) is 0 Å². The van der Waals surface area contributed by atoms with E-state index in [4.69, 9.17) is 14.3 Å². The first-order chi connectivity index (χ1) is 2.00. The molecule has 10 nitrogen and oxygen atoms in total. The standard InChI is InChI=1S/Mo.Ni.6H2O.4O/h;;6*1H2;;;;/q;+2;;;;;;;;;2*-1. The van der Waals surface area contributed by atoms with Crippen molar-refractivity contribution in [2.24, 2.45) is 0 Å². The zero-order chi connectivity index (χ0) is 4.50. The van der Waals surface area contributed by atoms with E-state index in [0.717, 1.165) is 0 Å². The molecule has 0 spiro atoms. The van der Waals surface area contributed by atoms with Crippen molar-refractivity contribution in [3.8, 4) is 0 Å². The van der Waals surface area contributed by atoms with Crippen LogP contribution in [-0.2, 0) is 40.0 Å². The zero-order valence-corrected chi connectivity index (χ0v) is 8.35. The summed E-state index contributed by atoms with van der Waals surface area (Å²) in [6.45, 7) is 0. The molecule has 0 aromatic carbocycles. The van der Waals surface area contributed by atoms with Gasteiger partial charge in [-0.05, 0) is 0 Å². The molecule has 0 heterocycles. The van der Waals surface area contributed by atoms with Gasteiger partial charge in [0.2, 0.25) is 0 Å². The Balaban J connectivity index is -0.00000000381. The Morgan fingerprint density at radius 3 is 0.667 bits per heavy atom. The van der Waals surface area contributed by atoms with Gasteiger partial charge in [0, 0.05) is 0 Å². The van der Waals surface area contributed by atoms with Crippen LogP contribution in [0.2, 0.25) is 0 Å². The first-order valence-corrected chi connectivity index (χ1v) is 3.94. The summed E-state index contributed by atoms with van der Waals surface area (Å²) in [5.74, 6) is 0. The van der Waals surface area contributed by atoms with Crippen LogP contribution in [0.15, 0.2) is 0 Å². The van der Waals surface area contributed by atoms with Gasteiger partial charge in [0.15, 0.2) is 0 Å². The summed E-state index contributed by atoms with van der Waals surface area (Å²) in [5, 5.41) is 0. The fraction of sp³-hybridized carbons (Fsp3) is 0. The molecule has 0 aliphatic rings. The van der Waals surface area contributed by atoms with Gasteiger partial charge in [0.1, 0.15) is 0 Å². The van der Waals surface area contributed by atoms with E-state index in [1.54, 1.807) is 0 Å². The van der Waals surface area contributed by atoms with Crippen LogP contribution in [0.1, 0.15) is 0 Å². The van der Waals surface area contributed by atoms with E-state index in [1.807, 2.05) is 0 Å². The van der Waals surface area contributed by atoms with Crippen LogP contribution in [-0.4, -0.2) is 32.9 Å². The molecule has 0 amide bonds. The van der Waals surface area contributed by atoms with E-state index in [1.165, 1.54) is 0 Å². The molecule has 0 unspecified atom stereocenters. The molecule has 0 radical (unpaired) electrons. The summed E-state index contributed by atoms with van der Waals surface area (Å²) in [7, 11) is 0. The first-order valence-electron chi connectivity index (χ1n) is 0.667. The fourth-order valence-corrected chi connectivity index (χ4v) is 0. The van der Waals surface area contributed by atoms with E-state index >= 15 is 0 Å². The second-order valence-corrected chi connectivity index (χ2v) is 2.42. The second kappa shape index (κ2) is 30.0. The predicted octanol–water partition coefficient (Wildman–Crippen LogP) is -7.57. The molecule has 12 N–H and O–H groups in total. The van der Waals surface area contributed by atoms with Crippen molar-refractivity contribution in [1.29, 1.82) is 0 Å². The minimum atomic E-state index is -6.02. The van der Waals surface area contributed by atoms with Gasteiger partial charge < -0.3 is 32.9 Å². The van der Waals surface area contributed by atoms with Gasteiger partial charge in [-0.2, -0.15) is 0 Å². The van der Waals surface area contributed by atoms with Gasteiger partial charge >= 0.3 is 47.6 Å². The molecule has 0 bridgehead atoms. The van der Waals surface area contributed by atoms with Crippen LogP contribution in [0.4, 0.5) is 0 Å². The number of hydrogen-bond donors (Lipinski definition) is 0. The molecule has 0 fully saturated rings. The molecule has 0 aromatic heterocycles. The Morgan fingerprint density at radius 2 is 0.667 bits per heavy atom. The molecule has 0 rings (SSSR count). The van der Waals surface area contributed by atoms with Crippen LogP contribution in [0.25, 0.3) is 0 Å². The van der Waals surface area contributed by atoms with Crippen LogP contribution in [0.3, 0.4) is 0 Å². The summed E-state index contributed by atoms with van der Waals surface area (Å²) in [6.07, 6.45) is 0. The number of hydrogen-bond acceptors (Lipinski definition) is 4. The van der Waals surface area contributed by atoms with Gasteiger partial charge in [-0.25, -0.2) is 0 Å². The summed E-state index contributed by atoms with van der Waals surface area (Å²) >= 11 is -6.02. The maximum absolute atomic E-state index is 8.63. The van der Waals surface area contributed by atoms with Gasteiger partial charge in [0.25, 0.3) is 0 Å². The minimum absolute atomic E-state index is 0.